The number of hydrogen-bond donors (Lipinski definition) is 1. The van der Waals surface area contributed by atoms with Gasteiger partial charge in [0.15, 0.2) is 5.66 Å². The minimum atomic E-state index is -1.39. The Morgan fingerprint density at radius 1 is 0.607 bits per heavy atom. The Balaban J connectivity index is 4.70. The van der Waals surface area contributed by atoms with Crippen molar-refractivity contribution in [3.05, 3.63) is 0 Å². The molecule has 0 fully saturated rings. The average molecular weight is 416 g/mol. The number of aliphatic carboxylic acids is 1. The van der Waals surface area contributed by atoms with Crippen molar-refractivity contribution < 1.29 is 9.90 Å². The summed E-state index contributed by atoms with van der Waals surface area (Å²) in [6.45, 7) is 9.03. The molecule has 1 N–H and O–H groups in total. The smallest absolute Gasteiger partial charge is 0.344 e. The molecule has 1 unspecified atom stereocenters. The molecule has 0 aromatic rings. The van der Waals surface area contributed by atoms with Crippen LogP contribution in [-0.4, -0.2) is 35.2 Å². The molecule has 0 aliphatic carbocycles. The maximum absolute atomic E-state index is 12.3. The highest BCUT2D eigenvalue weighted by molar-refractivity contribution is 7.77. The second kappa shape index (κ2) is 18.9. The van der Waals surface area contributed by atoms with Crippen molar-refractivity contribution in [1.82, 2.24) is 0 Å². The third-order valence-electron chi connectivity index (χ3n) is 6.40. The van der Waals surface area contributed by atoms with E-state index in [9.17, 15) is 9.90 Å². The van der Waals surface area contributed by atoms with Gasteiger partial charge in [0.25, 0.3) is 0 Å². The van der Waals surface area contributed by atoms with Crippen molar-refractivity contribution in [3.63, 3.8) is 0 Å². The Morgan fingerprint density at radius 2 is 0.964 bits per heavy atom. The summed E-state index contributed by atoms with van der Waals surface area (Å²) in [5.74, 6) is -0.476. The fraction of sp³-hybridized carbons (Fsp3) is 0.960. The van der Waals surface area contributed by atoms with Crippen LogP contribution in [0.25, 0.3) is 0 Å². The molecule has 28 heavy (non-hydrogen) atoms. The van der Waals surface area contributed by atoms with Gasteiger partial charge < -0.3 is 5.11 Å². The van der Waals surface area contributed by atoms with Crippen molar-refractivity contribution in [2.45, 2.75) is 136 Å². The molecule has 0 spiro atoms. The molecule has 0 saturated heterocycles. The molecular formula is C25H52O2P+. The quantitative estimate of drug-likeness (QED) is 0.150. The van der Waals surface area contributed by atoms with E-state index in [2.05, 4.69) is 27.7 Å². The van der Waals surface area contributed by atoms with E-state index >= 15 is 0 Å². The maximum atomic E-state index is 12.3. The third kappa shape index (κ3) is 12.5. The summed E-state index contributed by atoms with van der Waals surface area (Å²) in [4.78, 5) is 12.3. The number of carboxylic acids is 1. The van der Waals surface area contributed by atoms with Crippen LogP contribution in [0.15, 0.2) is 0 Å². The first-order valence-electron chi connectivity index (χ1n) is 12.7. The highest BCUT2D eigenvalue weighted by atomic mass is 31.2. The molecule has 2 nitrogen and oxygen atoms in total. The molecule has 0 amide bonds. The molecule has 168 valence electrons. The molecular weight excluding hydrogens is 363 g/mol. The first-order valence-corrected chi connectivity index (χ1v) is 15.1. The monoisotopic (exact) mass is 415 g/mol. The van der Waals surface area contributed by atoms with Crippen LogP contribution in [0.2, 0.25) is 0 Å². The Labute approximate surface area is 178 Å². The zero-order valence-electron chi connectivity index (χ0n) is 19.8. The molecule has 3 heteroatoms. The first-order chi connectivity index (χ1) is 13.6. The summed E-state index contributed by atoms with van der Waals surface area (Å²) in [6.07, 6.45) is 23.7. The van der Waals surface area contributed by atoms with Crippen LogP contribution >= 0.6 is 7.26 Å². The van der Waals surface area contributed by atoms with E-state index in [0.717, 1.165) is 12.8 Å². The summed E-state index contributed by atoms with van der Waals surface area (Å²) in [5.41, 5.74) is -0.0262. The van der Waals surface area contributed by atoms with Crippen LogP contribution in [0.3, 0.4) is 0 Å². The Morgan fingerprint density at radius 3 is 1.32 bits per heavy atom. The standard InChI is InChI=1S/C25H51O2P/c1-5-9-13-14-15-16-17-18-19-20-24(25(26)27)28(21-10-6-2,22-11-7-3)23-12-8-4/h24H,5-23H2,1-4H3/p+1. The van der Waals surface area contributed by atoms with Crippen molar-refractivity contribution >= 4 is 13.2 Å². The molecule has 0 rings (SSSR count). The Hall–Kier alpha value is -0.100. The van der Waals surface area contributed by atoms with Crippen molar-refractivity contribution in [2.24, 2.45) is 0 Å². The lowest BCUT2D eigenvalue weighted by atomic mass is 10.1. The van der Waals surface area contributed by atoms with Crippen LogP contribution in [0.5, 0.6) is 0 Å². The van der Waals surface area contributed by atoms with Crippen LogP contribution in [-0.2, 0) is 4.79 Å². The van der Waals surface area contributed by atoms with Gasteiger partial charge >= 0.3 is 5.97 Å². The normalized spacial score (nSPS) is 13.0. The first kappa shape index (κ1) is 27.9. The van der Waals surface area contributed by atoms with Crippen molar-refractivity contribution in [2.75, 3.05) is 18.5 Å². The number of carbonyl (C=O) groups is 1. The SMILES string of the molecule is CCCCCCCCCCCC(C(=O)O)[P+](CCCC)(CCCC)CCCC. The Kier molecular flexibility index (Phi) is 18.8. The lowest BCUT2D eigenvalue weighted by Crippen LogP contribution is -2.30. The number of rotatable bonds is 21. The van der Waals surface area contributed by atoms with Gasteiger partial charge in [0.05, 0.1) is 18.5 Å². The number of hydrogen-bond acceptors (Lipinski definition) is 1. The predicted molar refractivity (Wildman–Crippen MR) is 130 cm³/mol. The summed E-state index contributed by atoms with van der Waals surface area (Å²) >= 11 is 0. The van der Waals surface area contributed by atoms with E-state index in [-0.39, 0.29) is 5.66 Å². The fourth-order valence-corrected chi connectivity index (χ4v) is 10.1. The molecule has 0 aliphatic rings. The molecule has 0 heterocycles. The highest BCUT2D eigenvalue weighted by Crippen LogP contribution is 2.66. The van der Waals surface area contributed by atoms with Gasteiger partial charge in [0.2, 0.25) is 0 Å². The third-order valence-corrected chi connectivity index (χ3v) is 11.8. The molecule has 0 aliphatic heterocycles. The van der Waals surface area contributed by atoms with Crippen molar-refractivity contribution in [3.8, 4) is 0 Å². The zero-order chi connectivity index (χ0) is 21.1. The summed E-state index contributed by atoms with van der Waals surface area (Å²) in [7, 11) is -1.39. The second-order valence-corrected chi connectivity index (χ2v) is 13.3. The van der Waals surface area contributed by atoms with Crippen LogP contribution in [0, 0.1) is 0 Å². The van der Waals surface area contributed by atoms with Gasteiger partial charge in [-0.2, -0.15) is 0 Å². The molecule has 0 aromatic heterocycles. The molecule has 1 atom stereocenters. The van der Waals surface area contributed by atoms with Crippen LogP contribution in [0.1, 0.15) is 130 Å². The lowest BCUT2D eigenvalue weighted by Gasteiger charge is -2.33. The van der Waals surface area contributed by atoms with Gasteiger partial charge in [-0.05, 0) is 32.1 Å². The molecule has 0 aromatic carbocycles. The number of unbranched alkanes of at least 4 members (excludes halogenated alkanes) is 11. The predicted octanol–water partition coefficient (Wildman–Crippen LogP) is 8.78. The largest absolute Gasteiger partial charge is 0.478 e. The van der Waals surface area contributed by atoms with Crippen LogP contribution in [0.4, 0.5) is 0 Å². The summed E-state index contributed by atoms with van der Waals surface area (Å²) < 4.78 is 0. The van der Waals surface area contributed by atoms with E-state index in [4.69, 9.17) is 0 Å². The van der Waals surface area contributed by atoms with Gasteiger partial charge in [0, 0.05) is 7.26 Å². The average Bonchev–Trinajstić information content (AvgIpc) is 2.69. The van der Waals surface area contributed by atoms with E-state index in [0.29, 0.717) is 0 Å². The van der Waals surface area contributed by atoms with Crippen LogP contribution < -0.4 is 0 Å². The topological polar surface area (TPSA) is 37.3 Å². The molecule has 0 bridgehead atoms. The number of carboxylic acid groups (broad SMARTS) is 1. The minimum absolute atomic E-state index is 0.0262. The van der Waals surface area contributed by atoms with Gasteiger partial charge in [0.1, 0.15) is 0 Å². The second-order valence-electron chi connectivity index (χ2n) is 8.92. The molecule has 0 radical (unpaired) electrons. The van der Waals surface area contributed by atoms with E-state index in [1.54, 1.807) is 0 Å². The van der Waals surface area contributed by atoms with E-state index in [1.807, 2.05) is 0 Å². The van der Waals surface area contributed by atoms with Gasteiger partial charge in [-0.1, -0.05) is 98.3 Å². The van der Waals surface area contributed by atoms with E-state index < -0.39 is 13.2 Å². The summed E-state index contributed by atoms with van der Waals surface area (Å²) in [5, 5.41) is 10.2. The Bertz CT molecular complexity index is 335. The minimum Gasteiger partial charge on any atom is -0.478 e. The van der Waals surface area contributed by atoms with Gasteiger partial charge in [-0.3, -0.25) is 0 Å². The van der Waals surface area contributed by atoms with Gasteiger partial charge in [-0.15, -0.1) is 0 Å². The fourth-order valence-electron chi connectivity index (χ4n) is 4.50. The van der Waals surface area contributed by atoms with Crippen molar-refractivity contribution in [1.29, 1.82) is 0 Å². The summed E-state index contributed by atoms with van der Waals surface area (Å²) in [6, 6.07) is 0. The maximum Gasteiger partial charge on any atom is 0.344 e. The highest BCUT2D eigenvalue weighted by Gasteiger charge is 2.47. The molecule has 0 saturated carbocycles. The lowest BCUT2D eigenvalue weighted by molar-refractivity contribution is -0.136. The van der Waals surface area contributed by atoms with E-state index in [1.165, 1.54) is 108 Å². The van der Waals surface area contributed by atoms with Gasteiger partial charge in [-0.25, -0.2) is 4.79 Å². The zero-order valence-corrected chi connectivity index (χ0v) is 20.7.